The Morgan fingerprint density at radius 2 is 2.25 bits per heavy atom. The van der Waals surface area contributed by atoms with E-state index in [1.807, 2.05) is 0 Å². The Morgan fingerprint density at radius 3 is 2.81 bits per heavy atom. The molecule has 0 aromatic carbocycles. The topological polar surface area (TPSA) is 70.6 Å². The van der Waals surface area contributed by atoms with Crippen LogP contribution in [0.25, 0.3) is 0 Å². The zero-order valence-corrected chi connectivity index (χ0v) is 9.61. The summed E-state index contributed by atoms with van der Waals surface area (Å²) in [5.41, 5.74) is 0. The van der Waals surface area contributed by atoms with Gasteiger partial charge in [-0.3, -0.25) is 4.79 Å². The molecule has 1 heterocycles. The number of hydrogen-bond acceptors (Lipinski definition) is 4. The van der Waals surface area contributed by atoms with Crippen LogP contribution < -0.4 is 10.6 Å². The first kappa shape index (κ1) is 11.8. The van der Waals surface area contributed by atoms with E-state index in [2.05, 4.69) is 10.6 Å². The van der Waals surface area contributed by atoms with Gasteiger partial charge in [0, 0.05) is 19.5 Å². The maximum absolute atomic E-state index is 10.8. The molecule has 5 nitrogen and oxygen atoms in total. The third kappa shape index (κ3) is 2.72. The summed E-state index contributed by atoms with van der Waals surface area (Å²) in [6.07, 6.45) is 2.87. The van der Waals surface area contributed by atoms with Gasteiger partial charge >= 0.3 is 0 Å². The lowest BCUT2D eigenvalue weighted by molar-refractivity contribution is -0.119. The van der Waals surface area contributed by atoms with Crippen LogP contribution in [0.15, 0.2) is 0 Å². The van der Waals surface area contributed by atoms with Crippen molar-refractivity contribution in [1.29, 1.82) is 0 Å². The second-order valence-corrected chi connectivity index (χ2v) is 4.70. The molecule has 0 bridgehead atoms. The molecule has 16 heavy (non-hydrogen) atoms. The molecule has 2 aliphatic rings. The largest absolute Gasteiger partial charge is 0.389 e. The van der Waals surface area contributed by atoms with Crippen LogP contribution in [0.5, 0.6) is 0 Å². The Morgan fingerprint density at radius 1 is 1.50 bits per heavy atom. The van der Waals surface area contributed by atoms with Crippen LogP contribution in [0.2, 0.25) is 0 Å². The van der Waals surface area contributed by atoms with Crippen molar-refractivity contribution in [2.45, 2.75) is 50.5 Å². The van der Waals surface area contributed by atoms with Gasteiger partial charge < -0.3 is 20.5 Å². The molecule has 5 heteroatoms. The predicted octanol–water partition coefficient (Wildman–Crippen LogP) is -0.607. The lowest BCUT2D eigenvalue weighted by atomic mass is 9.92. The molecule has 3 atom stereocenters. The molecule has 0 radical (unpaired) electrons. The Bertz CT molecular complexity index is 256. The molecule has 2 fully saturated rings. The van der Waals surface area contributed by atoms with Gasteiger partial charge in [0.2, 0.25) is 5.91 Å². The van der Waals surface area contributed by atoms with Crippen molar-refractivity contribution in [1.82, 2.24) is 10.6 Å². The summed E-state index contributed by atoms with van der Waals surface area (Å²) in [7, 11) is 0. The monoisotopic (exact) mass is 228 g/mol. The molecule has 0 aromatic rings. The van der Waals surface area contributed by atoms with Crippen LogP contribution in [0.1, 0.15) is 26.2 Å². The molecular formula is C11H20N2O3. The number of aliphatic hydroxyl groups excluding tert-OH is 1. The first-order valence-corrected chi connectivity index (χ1v) is 5.97. The second-order valence-electron chi connectivity index (χ2n) is 4.70. The molecule has 1 saturated heterocycles. The van der Waals surface area contributed by atoms with E-state index < -0.39 is 6.10 Å². The lowest BCUT2D eigenvalue weighted by Gasteiger charge is -2.30. The van der Waals surface area contributed by atoms with Gasteiger partial charge in [0.25, 0.3) is 0 Å². The van der Waals surface area contributed by atoms with Gasteiger partial charge in [-0.2, -0.15) is 0 Å². The molecule has 92 valence electrons. The highest BCUT2D eigenvalue weighted by atomic mass is 16.5. The quantitative estimate of drug-likeness (QED) is 0.600. The van der Waals surface area contributed by atoms with Crippen LogP contribution in [0.4, 0.5) is 0 Å². The van der Waals surface area contributed by atoms with Gasteiger partial charge in [-0.1, -0.05) is 6.42 Å². The van der Waals surface area contributed by atoms with Crippen LogP contribution >= 0.6 is 0 Å². The maximum Gasteiger partial charge on any atom is 0.216 e. The molecule has 1 aliphatic carbocycles. The first-order valence-electron chi connectivity index (χ1n) is 5.97. The fourth-order valence-corrected chi connectivity index (χ4v) is 2.13. The number of ether oxygens (including phenoxy) is 1. The van der Waals surface area contributed by atoms with Crippen molar-refractivity contribution in [3.05, 3.63) is 0 Å². The fourth-order valence-electron chi connectivity index (χ4n) is 2.13. The van der Waals surface area contributed by atoms with E-state index in [9.17, 15) is 9.90 Å². The van der Waals surface area contributed by atoms with Crippen molar-refractivity contribution in [3.63, 3.8) is 0 Å². The van der Waals surface area contributed by atoms with Gasteiger partial charge in [-0.05, 0) is 12.8 Å². The number of rotatable bonds is 4. The number of carbonyl (C=O) groups is 1. The molecule has 2 rings (SSSR count). The summed E-state index contributed by atoms with van der Waals surface area (Å²) >= 11 is 0. The molecular weight excluding hydrogens is 208 g/mol. The average molecular weight is 228 g/mol. The van der Waals surface area contributed by atoms with Crippen LogP contribution in [-0.2, 0) is 9.53 Å². The predicted molar refractivity (Wildman–Crippen MR) is 59.0 cm³/mol. The van der Waals surface area contributed by atoms with Crippen molar-refractivity contribution in [2.75, 3.05) is 13.2 Å². The SMILES string of the molecule is CC(=O)NCC1OCC(NC2CCC2)C1O. The minimum Gasteiger partial charge on any atom is -0.389 e. The number of nitrogens with one attached hydrogen (secondary N) is 2. The second kappa shape index (κ2) is 5.12. The van der Waals surface area contributed by atoms with E-state index in [4.69, 9.17) is 4.74 Å². The van der Waals surface area contributed by atoms with Gasteiger partial charge in [0.1, 0.15) is 6.10 Å². The first-order chi connectivity index (χ1) is 7.66. The summed E-state index contributed by atoms with van der Waals surface area (Å²) in [6.45, 7) is 2.38. The third-order valence-corrected chi connectivity index (χ3v) is 3.39. The smallest absolute Gasteiger partial charge is 0.216 e. The third-order valence-electron chi connectivity index (χ3n) is 3.39. The number of amides is 1. The van der Waals surface area contributed by atoms with Crippen molar-refractivity contribution in [2.24, 2.45) is 0 Å². The number of hydrogen-bond donors (Lipinski definition) is 3. The number of aliphatic hydroxyl groups is 1. The molecule has 0 spiro atoms. The molecule has 1 amide bonds. The van der Waals surface area contributed by atoms with Crippen LogP contribution in [0, 0.1) is 0 Å². The maximum atomic E-state index is 10.8. The Kier molecular flexibility index (Phi) is 3.78. The Labute approximate surface area is 95.5 Å². The van der Waals surface area contributed by atoms with Crippen molar-refractivity contribution < 1.29 is 14.6 Å². The normalized spacial score (nSPS) is 34.8. The van der Waals surface area contributed by atoms with E-state index in [1.54, 1.807) is 0 Å². The van der Waals surface area contributed by atoms with Gasteiger partial charge in [0.05, 0.1) is 18.8 Å². The minimum absolute atomic E-state index is 0.0176. The van der Waals surface area contributed by atoms with Crippen molar-refractivity contribution >= 4 is 5.91 Å². The zero-order chi connectivity index (χ0) is 11.5. The fraction of sp³-hybridized carbons (Fsp3) is 0.909. The van der Waals surface area contributed by atoms with Crippen LogP contribution in [0.3, 0.4) is 0 Å². The lowest BCUT2D eigenvalue weighted by Crippen LogP contribution is -2.50. The van der Waals surface area contributed by atoms with E-state index in [-0.39, 0.29) is 18.1 Å². The minimum atomic E-state index is -0.521. The highest BCUT2D eigenvalue weighted by Gasteiger charge is 2.37. The summed E-state index contributed by atoms with van der Waals surface area (Å²) in [5.74, 6) is -0.0915. The molecule has 3 N–H and O–H groups in total. The Hall–Kier alpha value is -0.650. The van der Waals surface area contributed by atoms with Gasteiger partial charge in [-0.25, -0.2) is 0 Å². The summed E-state index contributed by atoms with van der Waals surface area (Å²) in [4.78, 5) is 10.8. The van der Waals surface area contributed by atoms with E-state index in [0.29, 0.717) is 19.2 Å². The highest BCUT2D eigenvalue weighted by Crippen LogP contribution is 2.22. The average Bonchev–Trinajstić information content (AvgIpc) is 2.51. The van der Waals surface area contributed by atoms with E-state index in [1.165, 1.54) is 26.2 Å². The highest BCUT2D eigenvalue weighted by molar-refractivity contribution is 5.72. The van der Waals surface area contributed by atoms with E-state index >= 15 is 0 Å². The Balaban J connectivity index is 1.74. The molecule has 1 saturated carbocycles. The summed E-state index contributed by atoms with van der Waals surface area (Å²) in [5, 5.41) is 16.1. The standard InChI is InChI=1S/C11H20N2O3/c1-7(14)12-5-10-11(15)9(6-16-10)13-8-3-2-4-8/h8-11,13,15H,2-6H2,1H3,(H,12,14). The van der Waals surface area contributed by atoms with Crippen molar-refractivity contribution in [3.8, 4) is 0 Å². The summed E-state index contributed by atoms with van der Waals surface area (Å²) in [6, 6.07) is 0.562. The van der Waals surface area contributed by atoms with Gasteiger partial charge in [-0.15, -0.1) is 0 Å². The van der Waals surface area contributed by atoms with Gasteiger partial charge in [0.15, 0.2) is 0 Å². The molecule has 1 aliphatic heterocycles. The van der Waals surface area contributed by atoms with E-state index in [0.717, 1.165) is 0 Å². The zero-order valence-electron chi connectivity index (χ0n) is 9.61. The molecule has 3 unspecified atom stereocenters. The molecule has 0 aromatic heterocycles. The number of carbonyl (C=O) groups excluding carboxylic acids is 1. The summed E-state index contributed by atoms with van der Waals surface area (Å²) < 4.78 is 5.47. The van der Waals surface area contributed by atoms with Crippen LogP contribution in [-0.4, -0.2) is 48.5 Å².